The first kappa shape index (κ1) is 18.5. The number of hydrogen-bond acceptors (Lipinski definition) is 2. The van der Waals surface area contributed by atoms with Gasteiger partial charge >= 0.3 is 6.97 Å². The van der Waals surface area contributed by atoms with Crippen LogP contribution in [-0.2, 0) is 0 Å². The van der Waals surface area contributed by atoms with Crippen LogP contribution in [0.25, 0.3) is 5.57 Å². The first-order valence-corrected chi connectivity index (χ1v) is 9.21. The van der Waals surface area contributed by atoms with Gasteiger partial charge in [0.15, 0.2) is 5.70 Å². The number of hydrogen-bond donors (Lipinski definition) is 0. The van der Waals surface area contributed by atoms with Gasteiger partial charge in [-0.3, -0.25) is 0 Å². The molecule has 0 spiro atoms. The highest BCUT2D eigenvalue weighted by molar-refractivity contribution is 6.58. The monoisotopic (exact) mass is 384 g/mol. The van der Waals surface area contributed by atoms with Crippen molar-refractivity contribution in [1.29, 1.82) is 0 Å². The SMILES string of the molecule is COc1ccc(C2=C3C(C)=CC(C)=[N+]3[B-](F)(F)n3c(C)cc(C)c32)c(OC)c1. The van der Waals surface area contributed by atoms with E-state index >= 15 is 8.63 Å². The molecule has 0 atom stereocenters. The third kappa shape index (κ3) is 2.31. The van der Waals surface area contributed by atoms with E-state index in [2.05, 4.69) is 0 Å². The fraction of sp³-hybridized carbons (Fsp3) is 0.286. The van der Waals surface area contributed by atoms with Gasteiger partial charge < -0.3 is 27.1 Å². The Morgan fingerprint density at radius 2 is 1.71 bits per heavy atom. The summed E-state index contributed by atoms with van der Waals surface area (Å²) in [5.41, 5.74) is 5.31. The van der Waals surface area contributed by atoms with E-state index in [9.17, 15) is 0 Å². The molecule has 0 fully saturated rings. The maximum atomic E-state index is 15.7. The van der Waals surface area contributed by atoms with Crippen LogP contribution in [0.1, 0.15) is 36.4 Å². The smallest absolute Gasteiger partial charge is 0.497 e. The second-order valence-corrected chi connectivity index (χ2v) is 7.40. The zero-order valence-electron chi connectivity index (χ0n) is 16.9. The number of halogens is 2. The molecule has 146 valence electrons. The largest absolute Gasteiger partial charge is 0.737 e. The van der Waals surface area contributed by atoms with Crippen LogP contribution in [0, 0.1) is 13.8 Å². The van der Waals surface area contributed by atoms with E-state index in [1.54, 1.807) is 34.1 Å². The zero-order valence-corrected chi connectivity index (χ0v) is 16.9. The first-order valence-electron chi connectivity index (χ1n) is 9.21. The summed E-state index contributed by atoms with van der Waals surface area (Å²) in [6.45, 7) is 3.23. The lowest BCUT2D eigenvalue weighted by atomic mass is 9.83. The summed E-state index contributed by atoms with van der Waals surface area (Å²) < 4.78 is 44.6. The molecule has 4 nitrogen and oxygen atoms in total. The molecular formula is C21H23BF2N2O2. The van der Waals surface area contributed by atoms with Crippen molar-refractivity contribution >= 4 is 18.3 Å². The minimum absolute atomic E-state index is 0.541. The van der Waals surface area contributed by atoms with Gasteiger partial charge in [0, 0.05) is 35.9 Å². The minimum atomic E-state index is -3.98. The lowest BCUT2D eigenvalue weighted by Crippen LogP contribution is -2.51. The van der Waals surface area contributed by atoms with Crippen LogP contribution in [-0.4, -0.2) is 35.9 Å². The van der Waals surface area contributed by atoms with Crippen molar-refractivity contribution < 1.29 is 22.6 Å². The van der Waals surface area contributed by atoms with E-state index in [4.69, 9.17) is 9.47 Å². The number of methoxy groups -OCH3 is 2. The van der Waals surface area contributed by atoms with Gasteiger partial charge in [0.2, 0.25) is 0 Å². The molecule has 0 aliphatic carbocycles. The Kier molecular flexibility index (Phi) is 4.03. The molecule has 0 radical (unpaired) electrons. The number of nitrogens with zero attached hydrogens (tertiary/aromatic N) is 2. The molecule has 4 rings (SSSR count). The minimum Gasteiger partial charge on any atom is -0.497 e. The Balaban J connectivity index is 2.16. The number of fused-ring (bicyclic) bond motifs is 2. The van der Waals surface area contributed by atoms with Crippen LogP contribution in [0.2, 0.25) is 0 Å². The van der Waals surface area contributed by atoms with E-state index in [1.807, 2.05) is 38.1 Å². The van der Waals surface area contributed by atoms with Crippen molar-refractivity contribution in [1.82, 2.24) is 4.48 Å². The van der Waals surface area contributed by atoms with E-state index in [1.165, 1.54) is 8.96 Å². The Morgan fingerprint density at radius 1 is 1.00 bits per heavy atom. The van der Waals surface area contributed by atoms with Crippen molar-refractivity contribution in [3.63, 3.8) is 0 Å². The molecule has 2 aromatic rings. The summed E-state index contributed by atoms with van der Waals surface area (Å²) in [7, 11) is 3.16. The van der Waals surface area contributed by atoms with Gasteiger partial charge in [0.05, 0.1) is 19.8 Å². The maximum Gasteiger partial charge on any atom is 0.737 e. The first-order chi connectivity index (χ1) is 13.2. The molecule has 7 heteroatoms. The van der Waals surface area contributed by atoms with Gasteiger partial charge in [-0.25, -0.2) is 0 Å². The molecule has 2 aliphatic heterocycles. The van der Waals surface area contributed by atoms with Crippen LogP contribution >= 0.6 is 0 Å². The summed E-state index contributed by atoms with van der Waals surface area (Å²) in [5, 5.41) is 0. The maximum absolute atomic E-state index is 15.7. The molecule has 0 bridgehead atoms. The van der Waals surface area contributed by atoms with Gasteiger partial charge in [-0.2, -0.15) is 0 Å². The zero-order chi connectivity index (χ0) is 20.4. The summed E-state index contributed by atoms with van der Waals surface area (Å²) in [6, 6.07) is 7.30. The van der Waals surface area contributed by atoms with Gasteiger partial charge in [0.25, 0.3) is 0 Å². The molecule has 0 unspecified atom stereocenters. The lowest BCUT2D eigenvalue weighted by molar-refractivity contribution is -0.363. The molecular weight excluding hydrogens is 361 g/mol. The Hall–Kier alpha value is -2.83. The van der Waals surface area contributed by atoms with Crippen LogP contribution < -0.4 is 9.47 Å². The standard InChI is InChI=1S/C21H23BF2N2O2/c1-12-9-14(3)25-20(12)19(17-8-7-16(27-5)11-18(17)28-6)21-13(2)10-15(4)26(21)22(25,23)24/h7-11H,1-6H3. The molecule has 2 aliphatic rings. The van der Waals surface area contributed by atoms with E-state index in [0.29, 0.717) is 34.3 Å². The summed E-state index contributed by atoms with van der Waals surface area (Å²) in [6.07, 6.45) is 1.82. The van der Waals surface area contributed by atoms with Gasteiger partial charge in [-0.05, 0) is 50.2 Å². The summed E-state index contributed by atoms with van der Waals surface area (Å²) in [5.74, 6) is 1.24. The fourth-order valence-electron chi connectivity index (χ4n) is 4.56. The molecule has 0 saturated heterocycles. The topological polar surface area (TPSA) is 26.4 Å². The molecule has 28 heavy (non-hydrogen) atoms. The highest BCUT2D eigenvalue weighted by Crippen LogP contribution is 2.46. The van der Waals surface area contributed by atoms with E-state index < -0.39 is 6.97 Å². The molecule has 0 N–H and O–H groups in total. The van der Waals surface area contributed by atoms with Crippen molar-refractivity contribution in [3.8, 4) is 11.5 Å². The second kappa shape index (κ2) is 6.09. The lowest BCUT2D eigenvalue weighted by Gasteiger charge is -2.34. The molecule has 1 aromatic carbocycles. The Morgan fingerprint density at radius 3 is 2.36 bits per heavy atom. The predicted octanol–water partition coefficient (Wildman–Crippen LogP) is 4.55. The third-order valence-corrected chi connectivity index (χ3v) is 5.61. The van der Waals surface area contributed by atoms with Gasteiger partial charge in [-0.1, -0.05) is 0 Å². The Bertz CT molecular complexity index is 1110. The van der Waals surface area contributed by atoms with Crippen molar-refractivity contribution in [2.75, 3.05) is 14.2 Å². The van der Waals surface area contributed by atoms with Crippen molar-refractivity contribution in [3.05, 3.63) is 64.1 Å². The molecule has 3 heterocycles. The van der Waals surface area contributed by atoms with Crippen LogP contribution in [0.15, 0.2) is 41.6 Å². The van der Waals surface area contributed by atoms with Crippen LogP contribution in [0.5, 0.6) is 11.5 Å². The van der Waals surface area contributed by atoms with E-state index in [0.717, 1.165) is 22.3 Å². The molecule has 0 saturated carbocycles. The molecule has 0 amide bonds. The second-order valence-electron chi connectivity index (χ2n) is 7.40. The Labute approximate surface area is 163 Å². The van der Waals surface area contributed by atoms with Gasteiger partial charge in [0.1, 0.15) is 17.2 Å². The number of aryl methyl sites for hydroxylation is 2. The predicted molar refractivity (Wildman–Crippen MR) is 108 cm³/mol. The fourth-order valence-corrected chi connectivity index (χ4v) is 4.56. The van der Waals surface area contributed by atoms with Crippen molar-refractivity contribution in [2.24, 2.45) is 0 Å². The van der Waals surface area contributed by atoms with Gasteiger partial charge in [-0.15, -0.1) is 0 Å². The number of ether oxygens (including phenoxy) is 2. The average molecular weight is 384 g/mol. The summed E-state index contributed by atoms with van der Waals surface area (Å²) >= 11 is 0. The van der Waals surface area contributed by atoms with Crippen molar-refractivity contribution in [2.45, 2.75) is 27.7 Å². The number of benzene rings is 1. The highest BCUT2D eigenvalue weighted by atomic mass is 19.2. The summed E-state index contributed by atoms with van der Waals surface area (Å²) in [4.78, 5) is 0. The van der Waals surface area contributed by atoms with Crippen LogP contribution in [0.4, 0.5) is 8.63 Å². The third-order valence-electron chi connectivity index (χ3n) is 5.61. The number of allylic oxidation sites excluding steroid dienone is 2. The normalized spacial score (nSPS) is 17.5. The van der Waals surface area contributed by atoms with E-state index in [-0.39, 0.29) is 0 Å². The van der Waals surface area contributed by atoms with Crippen LogP contribution in [0.3, 0.4) is 0 Å². The average Bonchev–Trinajstić information content (AvgIpc) is 3.12. The highest BCUT2D eigenvalue weighted by Gasteiger charge is 2.55. The molecule has 1 aromatic heterocycles. The number of rotatable bonds is 3. The number of aromatic nitrogens is 1. The quantitative estimate of drug-likeness (QED) is 0.726.